The number of carbonyl (C=O) groups is 1. The molecule has 1 fully saturated rings. The first kappa shape index (κ1) is 21.0. The van der Waals surface area contributed by atoms with Crippen LogP contribution in [-0.2, 0) is 16.0 Å². The van der Waals surface area contributed by atoms with Gasteiger partial charge in [-0.2, -0.15) is 0 Å². The van der Waals surface area contributed by atoms with Crippen molar-refractivity contribution in [2.24, 2.45) is 0 Å². The van der Waals surface area contributed by atoms with Gasteiger partial charge in [-0.1, -0.05) is 36.0 Å². The lowest BCUT2D eigenvalue weighted by atomic mass is 10.2. The monoisotopic (exact) mass is 453 g/mol. The number of nitrogens with zero attached hydrogens (tertiary/aromatic N) is 5. The van der Waals surface area contributed by atoms with Crippen LogP contribution in [0.15, 0.2) is 53.7 Å². The number of ether oxygens (including phenoxy) is 1. The number of fused-ring (bicyclic) bond motifs is 1. The van der Waals surface area contributed by atoms with E-state index in [0.29, 0.717) is 55.3 Å². The number of thioether (sulfide) groups is 1. The molecule has 1 aromatic heterocycles. The van der Waals surface area contributed by atoms with Crippen molar-refractivity contribution >= 4 is 29.3 Å². The van der Waals surface area contributed by atoms with Gasteiger partial charge < -0.3 is 14.5 Å². The fraction of sp³-hybridized carbons (Fsp3) is 0.348. The fourth-order valence-electron chi connectivity index (χ4n) is 4.13. The minimum absolute atomic E-state index is 0.104. The summed E-state index contributed by atoms with van der Waals surface area (Å²) in [6.07, 6.45) is 1.29. The van der Waals surface area contributed by atoms with Crippen LogP contribution >= 0.6 is 11.8 Å². The molecule has 3 heterocycles. The van der Waals surface area contributed by atoms with Crippen molar-refractivity contribution in [2.75, 3.05) is 48.4 Å². The normalized spacial score (nSPS) is 15.8. The van der Waals surface area contributed by atoms with E-state index in [1.54, 1.807) is 6.07 Å². The van der Waals surface area contributed by atoms with E-state index < -0.39 is 0 Å². The largest absolute Gasteiger partial charge is 0.378 e. The number of halogens is 1. The van der Waals surface area contributed by atoms with E-state index in [1.807, 2.05) is 33.7 Å². The highest BCUT2D eigenvalue weighted by atomic mass is 32.2. The highest BCUT2D eigenvalue weighted by Crippen LogP contribution is 2.30. The first-order valence-corrected chi connectivity index (χ1v) is 11.7. The molecule has 0 saturated carbocycles. The molecule has 2 aliphatic heterocycles. The molecule has 1 saturated heterocycles. The third kappa shape index (κ3) is 4.22. The molecule has 1 amide bonds. The highest BCUT2D eigenvalue weighted by molar-refractivity contribution is 7.99. The second-order valence-corrected chi connectivity index (χ2v) is 8.78. The van der Waals surface area contributed by atoms with Gasteiger partial charge >= 0.3 is 0 Å². The number of benzene rings is 2. The summed E-state index contributed by atoms with van der Waals surface area (Å²) in [4.78, 5) is 16.8. The van der Waals surface area contributed by atoms with E-state index in [9.17, 15) is 9.18 Å². The molecular formula is C23H24FN5O2S. The third-order valence-electron chi connectivity index (χ3n) is 5.71. The molecule has 0 aliphatic carbocycles. The SMILES string of the molecule is O=C(CCSc1nnc(N2CCOCC2)n1-c1cccc(F)c1)N1CCc2ccccc21. The topological polar surface area (TPSA) is 63.5 Å². The zero-order chi connectivity index (χ0) is 21.9. The molecule has 5 rings (SSSR count). The Morgan fingerprint density at radius 3 is 2.75 bits per heavy atom. The maximum atomic E-state index is 14.0. The minimum atomic E-state index is -0.317. The summed E-state index contributed by atoms with van der Waals surface area (Å²) in [6.45, 7) is 3.36. The number of para-hydroxylation sites is 1. The van der Waals surface area contributed by atoms with Gasteiger partial charge in [0, 0.05) is 37.5 Å². The van der Waals surface area contributed by atoms with Crippen LogP contribution in [0.2, 0.25) is 0 Å². The van der Waals surface area contributed by atoms with E-state index in [-0.39, 0.29) is 11.7 Å². The van der Waals surface area contributed by atoms with Crippen LogP contribution in [0.3, 0.4) is 0 Å². The molecule has 7 nitrogen and oxygen atoms in total. The van der Waals surface area contributed by atoms with Crippen LogP contribution in [0.5, 0.6) is 0 Å². The highest BCUT2D eigenvalue weighted by Gasteiger charge is 2.25. The lowest BCUT2D eigenvalue weighted by Crippen LogP contribution is -2.37. The number of hydrogen-bond donors (Lipinski definition) is 0. The van der Waals surface area contributed by atoms with Crippen LogP contribution in [0.1, 0.15) is 12.0 Å². The second kappa shape index (κ2) is 9.30. The Morgan fingerprint density at radius 2 is 1.91 bits per heavy atom. The Kier molecular flexibility index (Phi) is 6.09. The number of anilines is 2. The van der Waals surface area contributed by atoms with E-state index in [4.69, 9.17) is 4.74 Å². The molecule has 2 aliphatic rings. The van der Waals surface area contributed by atoms with Gasteiger partial charge in [-0.05, 0) is 36.2 Å². The lowest BCUT2D eigenvalue weighted by molar-refractivity contribution is -0.118. The third-order valence-corrected chi connectivity index (χ3v) is 6.64. The number of hydrogen-bond acceptors (Lipinski definition) is 6. The van der Waals surface area contributed by atoms with Gasteiger partial charge in [0.05, 0.1) is 18.9 Å². The number of rotatable bonds is 6. The van der Waals surface area contributed by atoms with Crippen molar-refractivity contribution in [3.8, 4) is 5.69 Å². The Morgan fingerprint density at radius 1 is 1.06 bits per heavy atom. The van der Waals surface area contributed by atoms with Gasteiger partial charge in [0.2, 0.25) is 11.9 Å². The van der Waals surface area contributed by atoms with E-state index in [1.165, 1.54) is 29.5 Å². The van der Waals surface area contributed by atoms with Crippen LogP contribution in [0.4, 0.5) is 16.0 Å². The maximum Gasteiger partial charge on any atom is 0.232 e. The summed E-state index contributed by atoms with van der Waals surface area (Å²) in [6, 6.07) is 14.5. The molecule has 3 aromatic rings. The Labute approximate surface area is 190 Å². The summed E-state index contributed by atoms with van der Waals surface area (Å²) < 4.78 is 21.3. The average molecular weight is 454 g/mol. The fourth-order valence-corrected chi connectivity index (χ4v) is 5.00. The average Bonchev–Trinajstić information content (AvgIpc) is 3.44. The molecule has 32 heavy (non-hydrogen) atoms. The first-order chi connectivity index (χ1) is 15.7. The number of morpholine rings is 1. The molecule has 0 spiro atoms. The van der Waals surface area contributed by atoms with E-state index in [2.05, 4.69) is 21.2 Å². The molecule has 0 unspecified atom stereocenters. The van der Waals surface area contributed by atoms with Gasteiger partial charge in [0.25, 0.3) is 0 Å². The standard InChI is InChI=1S/C23H24FN5O2S/c24-18-5-3-6-19(16-18)29-22(27-11-13-31-14-12-27)25-26-23(29)32-15-9-21(30)28-10-8-17-4-1-2-7-20(17)28/h1-7,16H,8-15H2. The molecule has 9 heteroatoms. The minimum Gasteiger partial charge on any atom is -0.378 e. The van der Waals surface area contributed by atoms with Crippen LogP contribution < -0.4 is 9.80 Å². The molecule has 0 radical (unpaired) electrons. The summed E-state index contributed by atoms with van der Waals surface area (Å²) in [5.41, 5.74) is 2.90. The predicted octanol–water partition coefficient (Wildman–Crippen LogP) is 3.31. The second-order valence-electron chi connectivity index (χ2n) is 7.72. The van der Waals surface area contributed by atoms with Crippen molar-refractivity contribution in [3.63, 3.8) is 0 Å². The molecule has 166 valence electrons. The molecule has 0 bridgehead atoms. The van der Waals surface area contributed by atoms with Gasteiger partial charge in [0.1, 0.15) is 5.82 Å². The summed E-state index contributed by atoms with van der Waals surface area (Å²) in [5.74, 6) is 1.02. The molecule has 0 atom stereocenters. The lowest BCUT2D eigenvalue weighted by Gasteiger charge is -2.27. The van der Waals surface area contributed by atoms with Crippen molar-refractivity contribution in [1.29, 1.82) is 0 Å². The zero-order valence-corrected chi connectivity index (χ0v) is 18.4. The molecule has 2 aromatic carbocycles. The van der Waals surface area contributed by atoms with Crippen molar-refractivity contribution < 1.29 is 13.9 Å². The van der Waals surface area contributed by atoms with Gasteiger partial charge in [-0.25, -0.2) is 4.39 Å². The smallest absolute Gasteiger partial charge is 0.232 e. The Hall–Kier alpha value is -2.91. The van der Waals surface area contributed by atoms with Crippen molar-refractivity contribution in [1.82, 2.24) is 14.8 Å². The van der Waals surface area contributed by atoms with E-state index >= 15 is 0 Å². The van der Waals surface area contributed by atoms with Crippen LogP contribution in [0, 0.1) is 5.82 Å². The first-order valence-electron chi connectivity index (χ1n) is 10.8. The van der Waals surface area contributed by atoms with Crippen LogP contribution in [0.25, 0.3) is 5.69 Å². The zero-order valence-electron chi connectivity index (χ0n) is 17.6. The summed E-state index contributed by atoms with van der Waals surface area (Å²) >= 11 is 1.46. The quantitative estimate of drug-likeness (QED) is 0.534. The summed E-state index contributed by atoms with van der Waals surface area (Å²) in [7, 11) is 0. The van der Waals surface area contributed by atoms with Crippen molar-refractivity contribution in [3.05, 3.63) is 59.9 Å². The number of carbonyl (C=O) groups excluding carboxylic acids is 1. The molecule has 0 N–H and O–H groups in total. The Balaban J connectivity index is 1.32. The van der Waals surface area contributed by atoms with Crippen LogP contribution in [-0.4, -0.2) is 59.3 Å². The number of amides is 1. The van der Waals surface area contributed by atoms with Crippen molar-refractivity contribution in [2.45, 2.75) is 18.0 Å². The maximum absolute atomic E-state index is 14.0. The molecular weight excluding hydrogens is 429 g/mol. The Bertz CT molecular complexity index is 1120. The van der Waals surface area contributed by atoms with Gasteiger partial charge in [-0.15, -0.1) is 10.2 Å². The van der Waals surface area contributed by atoms with Gasteiger partial charge in [0.15, 0.2) is 5.16 Å². The van der Waals surface area contributed by atoms with Gasteiger partial charge in [-0.3, -0.25) is 9.36 Å². The summed E-state index contributed by atoms with van der Waals surface area (Å²) in [5, 5.41) is 9.41. The predicted molar refractivity (Wildman–Crippen MR) is 122 cm³/mol. The van der Waals surface area contributed by atoms with E-state index in [0.717, 1.165) is 18.7 Å². The number of aromatic nitrogens is 3.